The minimum absolute atomic E-state index is 0.00794. The standard InChI is InChI=1S/C24H29NO5/c1-15(2)21(25-22(26)17-7-9-18(10-8-17)24(3,4)5)23(27)28-13-16-6-11-19-20(12-16)30-14-29-19/h6-12,15,21H,13-14H2,1-5H3,(H,25,26)/t21-/m0/s1. The number of benzene rings is 2. The van der Waals surface area contributed by atoms with Gasteiger partial charge in [0.15, 0.2) is 11.5 Å². The molecule has 6 heteroatoms. The molecule has 0 saturated carbocycles. The molecule has 0 spiro atoms. The molecule has 0 aromatic heterocycles. The Labute approximate surface area is 177 Å². The van der Waals surface area contributed by atoms with E-state index < -0.39 is 12.0 Å². The molecule has 1 amide bonds. The largest absolute Gasteiger partial charge is 0.459 e. The molecule has 2 aromatic rings. The Morgan fingerprint density at radius 3 is 2.33 bits per heavy atom. The molecule has 0 radical (unpaired) electrons. The zero-order valence-electron chi connectivity index (χ0n) is 18.2. The van der Waals surface area contributed by atoms with Crippen LogP contribution in [0.4, 0.5) is 0 Å². The van der Waals surface area contributed by atoms with Gasteiger partial charge in [-0.25, -0.2) is 4.79 Å². The summed E-state index contributed by atoms with van der Waals surface area (Å²) in [5.41, 5.74) is 2.45. The number of hydrogen-bond acceptors (Lipinski definition) is 5. The van der Waals surface area contributed by atoms with Crippen LogP contribution in [0.15, 0.2) is 42.5 Å². The van der Waals surface area contributed by atoms with E-state index in [0.717, 1.165) is 11.1 Å². The number of amides is 1. The number of fused-ring (bicyclic) bond motifs is 1. The van der Waals surface area contributed by atoms with Crippen LogP contribution in [0.3, 0.4) is 0 Å². The van der Waals surface area contributed by atoms with Crippen molar-refractivity contribution in [2.24, 2.45) is 5.92 Å². The maximum Gasteiger partial charge on any atom is 0.329 e. The summed E-state index contributed by atoms with van der Waals surface area (Å²) in [4.78, 5) is 25.3. The fourth-order valence-electron chi connectivity index (χ4n) is 3.12. The predicted molar refractivity (Wildman–Crippen MR) is 114 cm³/mol. The van der Waals surface area contributed by atoms with Crippen LogP contribution < -0.4 is 14.8 Å². The Bertz CT molecular complexity index is 912. The third kappa shape index (κ3) is 5.12. The highest BCUT2D eigenvalue weighted by atomic mass is 16.7. The number of carbonyl (C=O) groups is 2. The molecule has 3 rings (SSSR count). The SMILES string of the molecule is CC(C)[C@H](NC(=O)c1ccc(C(C)(C)C)cc1)C(=O)OCc1ccc2c(c1)OCO2. The smallest absolute Gasteiger partial charge is 0.329 e. The average molecular weight is 411 g/mol. The molecule has 1 aliphatic heterocycles. The Hall–Kier alpha value is -3.02. The topological polar surface area (TPSA) is 73.9 Å². The lowest BCUT2D eigenvalue weighted by molar-refractivity contribution is -0.148. The van der Waals surface area contributed by atoms with Gasteiger partial charge in [0, 0.05) is 5.56 Å². The highest BCUT2D eigenvalue weighted by Gasteiger charge is 2.26. The van der Waals surface area contributed by atoms with E-state index in [1.807, 2.05) is 32.0 Å². The van der Waals surface area contributed by atoms with Gasteiger partial charge in [0.25, 0.3) is 5.91 Å². The van der Waals surface area contributed by atoms with Crippen LogP contribution in [0.1, 0.15) is 56.1 Å². The summed E-state index contributed by atoms with van der Waals surface area (Å²) in [6, 6.07) is 12.1. The van der Waals surface area contributed by atoms with Gasteiger partial charge in [-0.2, -0.15) is 0 Å². The molecule has 1 heterocycles. The first-order valence-corrected chi connectivity index (χ1v) is 10.1. The molecule has 0 saturated heterocycles. The number of ether oxygens (including phenoxy) is 3. The van der Waals surface area contributed by atoms with E-state index in [9.17, 15) is 9.59 Å². The van der Waals surface area contributed by atoms with Gasteiger partial charge in [0.1, 0.15) is 12.6 Å². The van der Waals surface area contributed by atoms with E-state index in [-0.39, 0.29) is 30.6 Å². The fourth-order valence-corrected chi connectivity index (χ4v) is 3.12. The summed E-state index contributed by atoms with van der Waals surface area (Å²) in [6.07, 6.45) is 0. The van der Waals surface area contributed by atoms with Crippen molar-refractivity contribution >= 4 is 11.9 Å². The fraction of sp³-hybridized carbons (Fsp3) is 0.417. The first kappa shape index (κ1) is 21.7. The molecule has 2 aromatic carbocycles. The molecule has 0 fully saturated rings. The lowest BCUT2D eigenvalue weighted by Crippen LogP contribution is -2.45. The highest BCUT2D eigenvalue weighted by molar-refractivity contribution is 5.96. The quantitative estimate of drug-likeness (QED) is 0.721. The second-order valence-electron chi connectivity index (χ2n) is 8.82. The summed E-state index contributed by atoms with van der Waals surface area (Å²) in [5, 5.41) is 2.81. The molecular formula is C24H29NO5. The van der Waals surface area contributed by atoms with Crippen LogP contribution in [0.5, 0.6) is 11.5 Å². The third-order valence-electron chi connectivity index (χ3n) is 5.04. The van der Waals surface area contributed by atoms with Crippen LogP contribution in [0.25, 0.3) is 0 Å². The van der Waals surface area contributed by atoms with Crippen molar-refractivity contribution in [1.82, 2.24) is 5.32 Å². The molecule has 160 valence electrons. The first-order chi connectivity index (χ1) is 14.1. The van der Waals surface area contributed by atoms with Crippen LogP contribution in [-0.2, 0) is 21.6 Å². The normalized spacial score (nSPS) is 13.8. The van der Waals surface area contributed by atoms with Crippen molar-refractivity contribution in [1.29, 1.82) is 0 Å². The van der Waals surface area contributed by atoms with Crippen molar-refractivity contribution in [3.63, 3.8) is 0 Å². The maximum atomic E-state index is 12.7. The van der Waals surface area contributed by atoms with Gasteiger partial charge in [0.05, 0.1) is 0 Å². The maximum absolute atomic E-state index is 12.7. The molecule has 1 aliphatic rings. The van der Waals surface area contributed by atoms with E-state index in [1.54, 1.807) is 24.3 Å². The number of hydrogen-bond donors (Lipinski definition) is 1. The Morgan fingerprint density at radius 1 is 1.03 bits per heavy atom. The molecule has 0 aliphatic carbocycles. The van der Waals surface area contributed by atoms with Crippen molar-refractivity contribution < 1.29 is 23.8 Å². The van der Waals surface area contributed by atoms with E-state index >= 15 is 0 Å². The summed E-state index contributed by atoms with van der Waals surface area (Å²) < 4.78 is 16.1. The predicted octanol–water partition coefficient (Wildman–Crippen LogP) is 4.21. The summed E-state index contributed by atoms with van der Waals surface area (Å²) in [7, 11) is 0. The van der Waals surface area contributed by atoms with Gasteiger partial charge in [-0.3, -0.25) is 4.79 Å². The lowest BCUT2D eigenvalue weighted by Gasteiger charge is -2.22. The molecule has 30 heavy (non-hydrogen) atoms. The van der Waals surface area contributed by atoms with Gasteiger partial charge in [0.2, 0.25) is 6.79 Å². The van der Waals surface area contributed by atoms with Gasteiger partial charge < -0.3 is 19.5 Å². The van der Waals surface area contributed by atoms with Crippen molar-refractivity contribution in [3.8, 4) is 11.5 Å². The number of rotatable bonds is 6. The van der Waals surface area contributed by atoms with E-state index in [2.05, 4.69) is 26.1 Å². The molecule has 6 nitrogen and oxygen atoms in total. The Morgan fingerprint density at radius 2 is 1.70 bits per heavy atom. The summed E-state index contributed by atoms with van der Waals surface area (Å²) >= 11 is 0. The van der Waals surface area contributed by atoms with Gasteiger partial charge in [-0.15, -0.1) is 0 Å². The summed E-state index contributed by atoms with van der Waals surface area (Å²) in [6.45, 7) is 10.4. The minimum atomic E-state index is -0.742. The van der Waals surface area contributed by atoms with Crippen molar-refractivity contribution in [2.45, 2.75) is 52.7 Å². The van der Waals surface area contributed by atoms with E-state index in [0.29, 0.717) is 17.1 Å². The van der Waals surface area contributed by atoms with Gasteiger partial charge >= 0.3 is 5.97 Å². The molecule has 1 N–H and O–H groups in total. The molecular weight excluding hydrogens is 382 g/mol. The van der Waals surface area contributed by atoms with Gasteiger partial charge in [-0.1, -0.05) is 52.8 Å². The summed E-state index contributed by atoms with van der Waals surface area (Å²) in [5.74, 6) is 0.425. The third-order valence-corrected chi connectivity index (χ3v) is 5.04. The Balaban J connectivity index is 1.62. The molecule has 1 atom stereocenters. The van der Waals surface area contributed by atoms with Crippen molar-refractivity contribution in [2.75, 3.05) is 6.79 Å². The zero-order valence-corrected chi connectivity index (χ0v) is 18.2. The number of carbonyl (C=O) groups excluding carboxylic acids is 2. The monoisotopic (exact) mass is 411 g/mol. The second-order valence-corrected chi connectivity index (χ2v) is 8.82. The first-order valence-electron chi connectivity index (χ1n) is 10.1. The van der Waals surface area contributed by atoms with Crippen LogP contribution in [-0.4, -0.2) is 24.7 Å². The number of nitrogens with one attached hydrogen (secondary N) is 1. The Kier molecular flexibility index (Phi) is 6.34. The molecule has 0 unspecified atom stereocenters. The lowest BCUT2D eigenvalue weighted by atomic mass is 9.86. The van der Waals surface area contributed by atoms with Crippen molar-refractivity contribution in [3.05, 3.63) is 59.2 Å². The number of esters is 1. The van der Waals surface area contributed by atoms with Crippen LogP contribution in [0, 0.1) is 5.92 Å². The van der Waals surface area contributed by atoms with Gasteiger partial charge in [-0.05, 0) is 46.7 Å². The van der Waals surface area contributed by atoms with E-state index in [1.165, 1.54) is 0 Å². The highest BCUT2D eigenvalue weighted by Crippen LogP contribution is 2.32. The average Bonchev–Trinajstić information content (AvgIpc) is 3.17. The minimum Gasteiger partial charge on any atom is -0.459 e. The van der Waals surface area contributed by atoms with Crippen LogP contribution >= 0.6 is 0 Å². The zero-order chi connectivity index (χ0) is 21.9. The van der Waals surface area contributed by atoms with Crippen LogP contribution in [0.2, 0.25) is 0 Å². The second kappa shape index (κ2) is 8.78. The molecule has 0 bridgehead atoms. The van der Waals surface area contributed by atoms with E-state index in [4.69, 9.17) is 14.2 Å².